The van der Waals surface area contributed by atoms with E-state index < -0.39 is 5.97 Å². The minimum absolute atomic E-state index is 0.0567. The Hall–Kier alpha value is -0.860. The van der Waals surface area contributed by atoms with Crippen molar-refractivity contribution in [2.75, 3.05) is 0 Å². The highest BCUT2D eigenvalue weighted by atomic mass is 16.4. The van der Waals surface area contributed by atoms with Crippen molar-refractivity contribution < 1.29 is 14.7 Å². The molecule has 0 fully saturated rings. The summed E-state index contributed by atoms with van der Waals surface area (Å²) in [7, 11) is 0. The SMILES string of the molecule is CC(=O)[C@@H](C)CCC(=O)O. The molecule has 0 rings (SSSR count). The molecule has 0 saturated carbocycles. The van der Waals surface area contributed by atoms with Gasteiger partial charge in [0, 0.05) is 12.3 Å². The van der Waals surface area contributed by atoms with Gasteiger partial charge in [0.15, 0.2) is 0 Å². The van der Waals surface area contributed by atoms with Gasteiger partial charge in [-0.25, -0.2) is 0 Å². The van der Waals surface area contributed by atoms with E-state index in [0.29, 0.717) is 6.42 Å². The van der Waals surface area contributed by atoms with Crippen LogP contribution in [-0.4, -0.2) is 16.9 Å². The standard InChI is InChI=1S/C7H12O3/c1-5(6(2)8)3-4-7(9)10/h5H,3-4H2,1-2H3,(H,9,10)/t5-/m0/s1. The Morgan fingerprint density at radius 1 is 1.50 bits per heavy atom. The van der Waals surface area contributed by atoms with Crippen molar-refractivity contribution in [1.82, 2.24) is 0 Å². The number of aliphatic carboxylic acids is 1. The van der Waals surface area contributed by atoms with E-state index in [0.717, 1.165) is 0 Å². The Balaban J connectivity index is 3.49. The van der Waals surface area contributed by atoms with Crippen molar-refractivity contribution in [1.29, 1.82) is 0 Å². The molecule has 0 radical (unpaired) electrons. The van der Waals surface area contributed by atoms with Crippen molar-refractivity contribution >= 4 is 11.8 Å². The van der Waals surface area contributed by atoms with Gasteiger partial charge >= 0.3 is 5.97 Å². The van der Waals surface area contributed by atoms with E-state index in [-0.39, 0.29) is 18.1 Å². The molecule has 0 aliphatic heterocycles. The van der Waals surface area contributed by atoms with Gasteiger partial charge in [-0.05, 0) is 13.3 Å². The number of carbonyl (C=O) groups excluding carboxylic acids is 1. The molecule has 0 aromatic heterocycles. The minimum Gasteiger partial charge on any atom is -0.481 e. The summed E-state index contributed by atoms with van der Waals surface area (Å²) in [6.45, 7) is 3.22. The summed E-state index contributed by atoms with van der Waals surface area (Å²) in [5.74, 6) is -0.898. The summed E-state index contributed by atoms with van der Waals surface area (Å²) >= 11 is 0. The topological polar surface area (TPSA) is 54.4 Å². The second-order valence-corrected chi connectivity index (χ2v) is 2.44. The number of Topliss-reactive ketones (excluding diaryl/α,β-unsaturated/α-hetero) is 1. The van der Waals surface area contributed by atoms with Crippen LogP contribution in [0.1, 0.15) is 26.7 Å². The molecular formula is C7H12O3. The van der Waals surface area contributed by atoms with Gasteiger partial charge in [-0.2, -0.15) is 0 Å². The second kappa shape index (κ2) is 4.04. The lowest BCUT2D eigenvalue weighted by Crippen LogP contribution is -2.08. The predicted molar refractivity (Wildman–Crippen MR) is 36.7 cm³/mol. The first kappa shape index (κ1) is 9.14. The average Bonchev–Trinajstić information content (AvgIpc) is 1.82. The molecule has 3 nitrogen and oxygen atoms in total. The molecule has 0 heterocycles. The van der Waals surface area contributed by atoms with Gasteiger partial charge in [-0.3, -0.25) is 9.59 Å². The van der Waals surface area contributed by atoms with Crippen LogP contribution in [0.3, 0.4) is 0 Å². The molecule has 0 unspecified atom stereocenters. The van der Waals surface area contributed by atoms with E-state index in [2.05, 4.69) is 0 Å². The normalized spacial score (nSPS) is 12.6. The van der Waals surface area contributed by atoms with Gasteiger partial charge in [0.1, 0.15) is 5.78 Å². The molecule has 0 aromatic carbocycles. The van der Waals surface area contributed by atoms with Crippen LogP contribution in [-0.2, 0) is 9.59 Å². The zero-order chi connectivity index (χ0) is 8.15. The molecule has 0 aliphatic rings. The van der Waals surface area contributed by atoms with Crippen LogP contribution >= 0.6 is 0 Å². The smallest absolute Gasteiger partial charge is 0.303 e. The van der Waals surface area contributed by atoms with Crippen LogP contribution in [0, 0.1) is 5.92 Å². The summed E-state index contributed by atoms with van der Waals surface area (Å²) in [5, 5.41) is 8.23. The van der Waals surface area contributed by atoms with Crippen LogP contribution < -0.4 is 0 Å². The van der Waals surface area contributed by atoms with Gasteiger partial charge < -0.3 is 5.11 Å². The fourth-order valence-corrected chi connectivity index (χ4v) is 0.543. The highest BCUT2D eigenvalue weighted by molar-refractivity contribution is 5.78. The van der Waals surface area contributed by atoms with Crippen LogP contribution in [0.25, 0.3) is 0 Å². The molecular weight excluding hydrogens is 132 g/mol. The highest BCUT2D eigenvalue weighted by Gasteiger charge is 2.08. The Morgan fingerprint density at radius 2 is 2.00 bits per heavy atom. The fraction of sp³-hybridized carbons (Fsp3) is 0.714. The largest absolute Gasteiger partial charge is 0.481 e. The molecule has 10 heavy (non-hydrogen) atoms. The van der Waals surface area contributed by atoms with Crippen LogP contribution in [0.15, 0.2) is 0 Å². The van der Waals surface area contributed by atoms with Gasteiger partial charge in [-0.1, -0.05) is 6.92 Å². The van der Waals surface area contributed by atoms with E-state index in [4.69, 9.17) is 5.11 Å². The molecule has 0 aromatic rings. The first-order valence-electron chi connectivity index (χ1n) is 3.26. The van der Waals surface area contributed by atoms with E-state index in [1.807, 2.05) is 0 Å². The molecule has 0 amide bonds. The number of rotatable bonds is 4. The second-order valence-electron chi connectivity index (χ2n) is 2.44. The van der Waals surface area contributed by atoms with Gasteiger partial charge in [0.05, 0.1) is 0 Å². The number of carboxylic acids is 1. The third-order valence-electron chi connectivity index (χ3n) is 1.49. The van der Waals surface area contributed by atoms with Crippen molar-refractivity contribution in [2.24, 2.45) is 5.92 Å². The van der Waals surface area contributed by atoms with Crippen LogP contribution in [0.5, 0.6) is 0 Å². The summed E-state index contributed by atoms with van der Waals surface area (Å²) in [4.78, 5) is 20.6. The lowest BCUT2D eigenvalue weighted by molar-refractivity contribution is -0.137. The third-order valence-corrected chi connectivity index (χ3v) is 1.49. The number of hydrogen-bond donors (Lipinski definition) is 1. The summed E-state index contributed by atoms with van der Waals surface area (Å²) in [6.07, 6.45) is 0.533. The zero-order valence-corrected chi connectivity index (χ0v) is 6.26. The van der Waals surface area contributed by atoms with Gasteiger partial charge in [0.25, 0.3) is 0 Å². The van der Waals surface area contributed by atoms with Crippen LogP contribution in [0.4, 0.5) is 0 Å². The number of carbonyl (C=O) groups is 2. The van der Waals surface area contributed by atoms with Crippen molar-refractivity contribution in [3.63, 3.8) is 0 Å². The van der Waals surface area contributed by atoms with E-state index in [1.54, 1.807) is 6.92 Å². The lowest BCUT2D eigenvalue weighted by atomic mass is 10.0. The molecule has 0 aliphatic carbocycles. The Morgan fingerprint density at radius 3 is 2.30 bits per heavy atom. The molecule has 0 bridgehead atoms. The Labute approximate surface area is 60.0 Å². The third kappa shape index (κ3) is 4.06. The maximum Gasteiger partial charge on any atom is 0.303 e. The fourth-order valence-electron chi connectivity index (χ4n) is 0.543. The van der Waals surface area contributed by atoms with E-state index >= 15 is 0 Å². The number of carboxylic acid groups (broad SMARTS) is 1. The van der Waals surface area contributed by atoms with Gasteiger partial charge in [0.2, 0.25) is 0 Å². The van der Waals surface area contributed by atoms with Crippen molar-refractivity contribution in [3.05, 3.63) is 0 Å². The Kier molecular flexibility index (Phi) is 3.69. The summed E-state index contributed by atoms with van der Waals surface area (Å²) < 4.78 is 0. The highest BCUT2D eigenvalue weighted by Crippen LogP contribution is 2.05. The van der Waals surface area contributed by atoms with E-state index in [1.165, 1.54) is 6.92 Å². The molecule has 3 heteroatoms. The summed E-state index contributed by atoms with van der Waals surface area (Å²) in [6, 6.07) is 0. The van der Waals surface area contributed by atoms with Crippen LogP contribution in [0.2, 0.25) is 0 Å². The first-order chi connectivity index (χ1) is 4.54. The maximum absolute atomic E-state index is 10.6. The van der Waals surface area contributed by atoms with E-state index in [9.17, 15) is 9.59 Å². The number of ketones is 1. The van der Waals surface area contributed by atoms with Crippen molar-refractivity contribution in [2.45, 2.75) is 26.7 Å². The molecule has 0 saturated heterocycles. The van der Waals surface area contributed by atoms with Gasteiger partial charge in [-0.15, -0.1) is 0 Å². The molecule has 0 spiro atoms. The summed E-state index contributed by atoms with van der Waals surface area (Å²) in [5.41, 5.74) is 0. The molecule has 58 valence electrons. The number of hydrogen-bond acceptors (Lipinski definition) is 2. The minimum atomic E-state index is -0.840. The predicted octanol–water partition coefficient (Wildman–Crippen LogP) is 1.08. The maximum atomic E-state index is 10.6. The quantitative estimate of drug-likeness (QED) is 0.642. The zero-order valence-electron chi connectivity index (χ0n) is 6.26. The monoisotopic (exact) mass is 144 g/mol. The molecule has 1 N–H and O–H groups in total. The average molecular weight is 144 g/mol. The molecule has 1 atom stereocenters. The Bertz CT molecular complexity index is 140. The van der Waals surface area contributed by atoms with Crippen molar-refractivity contribution in [3.8, 4) is 0 Å². The lowest BCUT2D eigenvalue weighted by Gasteiger charge is -2.02. The first-order valence-corrected chi connectivity index (χ1v) is 3.26.